The van der Waals surface area contributed by atoms with Crippen molar-refractivity contribution in [3.63, 3.8) is 0 Å². The summed E-state index contributed by atoms with van der Waals surface area (Å²) in [5, 5.41) is 1.15. The van der Waals surface area contributed by atoms with E-state index in [0.29, 0.717) is 0 Å². The second-order valence-corrected chi connectivity index (χ2v) is 6.76. The molecule has 0 aliphatic rings. The molecule has 2 nitrogen and oxygen atoms in total. The van der Waals surface area contributed by atoms with E-state index in [1.807, 2.05) is 18.3 Å². The van der Waals surface area contributed by atoms with E-state index in [1.54, 1.807) is 8.50 Å². The molecule has 2 rings (SSSR count). The van der Waals surface area contributed by atoms with Gasteiger partial charge < -0.3 is 0 Å². The van der Waals surface area contributed by atoms with E-state index in [0.717, 1.165) is 45.3 Å². The predicted molar refractivity (Wildman–Crippen MR) is 66.4 cm³/mol. The van der Waals surface area contributed by atoms with Gasteiger partial charge in [0.1, 0.15) is 0 Å². The number of anilines is 1. The number of nitrogens with one attached hydrogen (secondary N) is 1. The number of pyridine rings is 1. The fourth-order valence-corrected chi connectivity index (χ4v) is 3.51. The second kappa shape index (κ2) is 4.80. The Labute approximate surface area is 109 Å². The van der Waals surface area contributed by atoms with Crippen molar-refractivity contribution in [3.05, 3.63) is 34.9 Å². The maximum absolute atomic E-state index is 4.37. The van der Waals surface area contributed by atoms with Crippen molar-refractivity contribution in [3.8, 4) is 0 Å². The molecule has 0 amide bonds. The average Bonchev–Trinajstić information content (AvgIpc) is 2.23. The van der Waals surface area contributed by atoms with Crippen LogP contribution in [-0.2, 0) is 0 Å². The molecule has 1 aromatic carbocycles. The summed E-state index contributed by atoms with van der Waals surface area (Å²) >= 11 is 4.40. The Morgan fingerprint density at radius 2 is 2.21 bits per heavy atom. The Balaban J connectivity index is 2.68. The SMILES string of the molecule is Brc1ccc(N[S][Tl])c2ncccc12. The van der Waals surface area contributed by atoms with Crippen LogP contribution in [0.5, 0.6) is 0 Å². The maximum atomic E-state index is 4.37. The molecule has 1 heterocycles. The van der Waals surface area contributed by atoms with E-state index in [9.17, 15) is 0 Å². The van der Waals surface area contributed by atoms with Crippen LogP contribution in [0.1, 0.15) is 0 Å². The van der Waals surface area contributed by atoms with Crippen molar-refractivity contribution in [1.82, 2.24) is 4.98 Å². The zero-order valence-corrected chi connectivity index (χ0v) is 14.1. The Kier molecular flexibility index (Phi) is 3.67. The molecule has 0 aliphatic heterocycles. The molecule has 1 N–H and O–H groups in total. The van der Waals surface area contributed by atoms with Gasteiger partial charge in [-0.3, -0.25) is 0 Å². The molecule has 0 unspecified atom stereocenters. The number of aromatic nitrogens is 1. The summed E-state index contributed by atoms with van der Waals surface area (Å²) in [4.78, 5) is 4.37. The van der Waals surface area contributed by atoms with Gasteiger partial charge in [-0.2, -0.15) is 0 Å². The minimum atomic E-state index is 0.877. The molecule has 0 fully saturated rings. The Morgan fingerprint density at radius 1 is 1.36 bits per heavy atom. The van der Waals surface area contributed by atoms with Gasteiger partial charge in [-0.05, 0) is 0 Å². The minimum absolute atomic E-state index is 0.877. The van der Waals surface area contributed by atoms with E-state index < -0.39 is 0 Å². The Morgan fingerprint density at radius 3 is 3.00 bits per heavy atom. The molecule has 0 bridgehead atoms. The Bertz CT molecular complexity index is 464. The monoisotopic (exact) mass is 458 g/mol. The van der Waals surface area contributed by atoms with Gasteiger partial charge in [0.2, 0.25) is 0 Å². The summed E-state index contributed by atoms with van der Waals surface area (Å²) in [6.07, 6.45) is 1.82. The number of hydrogen-bond acceptors (Lipinski definition) is 3. The van der Waals surface area contributed by atoms with Gasteiger partial charge in [0.25, 0.3) is 0 Å². The summed E-state index contributed by atoms with van der Waals surface area (Å²) in [5.41, 5.74) is 2.12. The molecule has 2 aromatic rings. The van der Waals surface area contributed by atoms with E-state index in [2.05, 4.69) is 37.8 Å². The van der Waals surface area contributed by atoms with Gasteiger partial charge in [0, 0.05) is 0 Å². The summed E-state index contributed by atoms with van der Waals surface area (Å²) in [6.45, 7) is 0. The average molecular weight is 459 g/mol. The molecule has 0 aliphatic carbocycles. The van der Waals surface area contributed by atoms with Crippen molar-refractivity contribution in [2.75, 3.05) is 4.72 Å². The molecule has 5 heteroatoms. The third kappa shape index (κ3) is 2.06. The molecule has 0 atom stereocenters. The quantitative estimate of drug-likeness (QED) is 0.553. The number of nitrogens with zero attached hydrogens (tertiary/aromatic N) is 1. The number of rotatable bonds is 2. The zero-order valence-electron chi connectivity index (χ0n) is 7.20. The van der Waals surface area contributed by atoms with E-state index in [1.165, 1.54) is 0 Å². The van der Waals surface area contributed by atoms with Crippen molar-refractivity contribution in [2.24, 2.45) is 0 Å². The number of halogens is 1. The first-order valence-corrected chi connectivity index (χ1v) is 11.1. The van der Waals surface area contributed by atoms with Crippen LogP contribution in [0.3, 0.4) is 0 Å². The first-order chi connectivity index (χ1) is 6.83. The zero-order chi connectivity index (χ0) is 9.97. The van der Waals surface area contributed by atoms with Crippen molar-refractivity contribution in [1.29, 1.82) is 0 Å². The van der Waals surface area contributed by atoms with Crippen molar-refractivity contribution >= 4 is 65.3 Å². The normalized spacial score (nSPS) is 10.3. The number of hydrogen-bond donors (Lipinski definition) is 1. The molecule has 0 saturated heterocycles. The van der Waals surface area contributed by atoms with E-state index >= 15 is 0 Å². The summed E-state index contributed by atoms with van der Waals surface area (Å²) in [6, 6.07) is 8.12. The molecule has 68 valence electrons. The fraction of sp³-hybridized carbons (Fsp3) is 0. The van der Waals surface area contributed by atoms with Crippen LogP contribution in [0.2, 0.25) is 0 Å². The first kappa shape index (κ1) is 10.7. The van der Waals surface area contributed by atoms with Gasteiger partial charge in [0.15, 0.2) is 0 Å². The van der Waals surface area contributed by atoms with Crippen molar-refractivity contribution < 1.29 is 0 Å². The number of fused-ring (bicyclic) bond motifs is 1. The Hall–Kier alpha value is 0.182. The first-order valence-electron chi connectivity index (χ1n) is 3.98. The van der Waals surface area contributed by atoms with Gasteiger partial charge in [-0.15, -0.1) is 0 Å². The molecule has 0 radical (unpaired) electrons. The van der Waals surface area contributed by atoms with Crippen LogP contribution in [-0.4, -0.2) is 29.2 Å². The van der Waals surface area contributed by atoms with Gasteiger partial charge >= 0.3 is 110 Å². The van der Waals surface area contributed by atoms with Crippen molar-refractivity contribution in [2.45, 2.75) is 0 Å². The summed E-state index contributed by atoms with van der Waals surface area (Å²) in [5.74, 6) is 0. The standard InChI is InChI=1S/C9H6BrN2S.Tl/c10-7-3-4-8(12-13)9-6(7)2-1-5-11-9;/h1-5,12H;/q-1;+1. The molecular weight excluding hydrogens is 452 g/mol. The summed E-state index contributed by atoms with van der Waals surface area (Å²) in [7, 11) is 1.74. The third-order valence-corrected chi connectivity index (χ3v) is 4.29. The summed E-state index contributed by atoms with van der Waals surface area (Å²) < 4.78 is 4.37. The third-order valence-electron chi connectivity index (χ3n) is 1.89. The molecule has 14 heavy (non-hydrogen) atoms. The molecule has 0 spiro atoms. The van der Waals surface area contributed by atoms with Crippen LogP contribution >= 0.6 is 24.4 Å². The molecule has 1 aromatic heterocycles. The topological polar surface area (TPSA) is 24.9 Å². The fourth-order valence-electron chi connectivity index (χ4n) is 1.28. The predicted octanol–water partition coefficient (Wildman–Crippen LogP) is 3.14. The van der Waals surface area contributed by atoms with E-state index in [4.69, 9.17) is 0 Å². The van der Waals surface area contributed by atoms with Crippen LogP contribution in [0.4, 0.5) is 5.69 Å². The van der Waals surface area contributed by atoms with Crippen LogP contribution in [0.25, 0.3) is 10.9 Å². The second-order valence-electron chi connectivity index (χ2n) is 2.71. The van der Waals surface area contributed by atoms with E-state index in [-0.39, 0.29) is 0 Å². The number of benzene rings is 1. The molecular formula is C9H6BrN2STl. The van der Waals surface area contributed by atoms with Crippen LogP contribution < -0.4 is 4.72 Å². The van der Waals surface area contributed by atoms with Crippen LogP contribution in [0, 0.1) is 0 Å². The van der Waals surface area contributed by atoms with Crippen LogP contribution in [0.15, 0.2) is 34.9 Å². The van der Waals surface area contributed by atoms with Gasteiger partial charge in [-0.25, -0.2) is 0 Å². The van der Waals surface area contributed by atoms with Gasteiger partial charge in [0.05, 0.1) is 0 Å². The molecule has 0 saturated carbocycles. The van der Waals surface area contributed by atoms with Gasteiger partial charge in [-0.1, -0.05) is 0 Å².